The van der Waals surface area contributed by atoms with Crippen molar-refractivity contribution in [2.24, 2.45) is 5.41 Å². The highest BCUT2D eigenvalue weighted by atomic mass is 32.1. The molecule has 17 heavy (non-hydrogen) atoms. The molecule has 1 heterocycles. The third-order valence-corrected chi connectivity index (χ3v) is 3.31. The van der Waals surface area contributed by atoms with Crippen LogP contribution in [0.15, 0.2) is 5.38 Å². The fourth-order valence-electron chi connectivity index (χ4n) is 1.73. The smallest absolute Gasteiger partial charge is 0.185 e. The van der Waals surface area contributed by atoms with E-state index >= 15 is 0 Å². The molecule has 0 bridgehead atoms. The van der Waals surface area contributed by atoms with Crippen LogP contribution >= 0.6 is 11.3 Å². The van der Waals surface area contributed by atoms with E-state index in [4.69, 9.17) is 0 Å². The van der Waals surface area contributed by atoms with Crippen LogP contribution in [0.3, 0.4) is 0 Å². The lowest BCUT2D eigenvalue weighted by Gasteiger charge is -2.26. The Balaban J connectivity index is 2.49. The van der Waals surface area contributed by atoms with Crippen molar-refractivity contribution >= 4 is 16.5 Å². The van der Waals surface area contributed by atoms with Crippen LogP contribution < -0.4 is 10.2 Å². The molecule has 1 N–H and O–H groups in total. The summed E-state index contributed by atoms with van der Waals surface area (Å²) in [6.07, 6.45) is 1.17. The zero-order valence-electron chi connectivity index (χ0n) is 11.7. The Morgan fingerprint density at radius 3 is 2.71 bits per heavy atom. The van der Waals surface area contributed by atoms with Crippen molar-refractivity contribution < 1.29 is 0 Å². The van der Waals surface area contributed by atoms with Crippen LogP contribution in [0.1, 0.15) is 39.8 Å². The van der Waals surface area contributed by atoms with Gasteiger partial charge in [0, 0.05) is 25.5 Å². The van der Waals surface area contributed by atoms with Crippen LogP contribution in [0.5, 0.6) is 0 Å². The van der Waals surface area contributed by atoms with E-state index in [9.17, 15) is 0 Å². The maximum absolute atomic E-state index is 4.65. The van der Waals surface area contributed by atoms with Crippen LogP contribution in [0.25, 0.3) is 0 Å². The summed E-state index contributed by atoms with van der Waals surface area (Å²) in [7, 11) is 2.12. The Kier molecular flexibility index (Phi) is 5.40. The monoisotopic (exact) mass is 255 g/mol. The molecule has 0 atom stereocenters. The molecule has 0 aliphatic carbocycles. The van der Waals surface area contributed by atoms with Crippen LogP contribution in [0, 0.1) is 5.41 Å². The topological polar surface area (TPSA) is 28.2 Å². The van der Waals surface area contributed by atoms with Crippen LogP contribution in [0.2, 0.25) is 0 Å². The molecule has 0 unspecified atom stereocenters. The lowest BCUT2D eigenvalue weighted by Crippen LogP contribution is -2.29. The van der Waals surface area contributed by atoms with E-state index in [1.165, 1.54) is 6.42 Å². The molecule has 1 rings (SSSR count). The van der Waals surface area contributed by atoms with E-state index in [0.717, 1.165) is 30.5 Å². The van der Waals surface area contributed by atoms with Crippen LogP contribution in [0.4, 0.5) is 5.13 Å². The molecule has 0 saturated carbocycles. The van der Waals surface area contributed by atoms with E-state index in [1.54, 1.807) is 11.3 Å². The fourth-order valence-corrected chi connectivity index (χ4v) is 2.52. The predicted molar refractivity (Wildman–Crippen MR) is 76.8 cm³/mol. The van der Waals surface area contributed by atoms with Gasteiger partial charge in [0.2, 0.25) is 0 Å². The average molecular weight is 255 g/mol. The first kappa shape index (κ1) is 14.5. The molecular formula is C13H25N3S. The summed E-state index contributed by atoms with van der Waals surface area (Å²) < 4.78 is 0. The minimum Gasteiger partial charge on any atom is -0.351 e. The third kappa shape index (κ3) is 5.50. The second-order valence-corrected chi connectivity index (χ2v) is 6.55. The Labute approximate surface area is 109 Å². The molecule has 0 spiro atoms. The molecule has 0 amide bonds. The molecular weight excluding hydrogens is 230 g/mol. The normalized spacial score (nSPS) is 11.8. The van der Waals surface area contributed by atoms with E-state index in [1.807, 2.05) is 0 Å². The van der Waals surface area contributed by atoms with Crippen LogP contribution in [-0.4, -0.2) is 25.1 Å². The van der Waals surface area contributed by atoms with E-state index in [-0.39, 0.29) is 0 Å². The summed E-state index contributed by atoms with van der Waals surface area (Å²) in [6, 6.07) is 0. The molecule has 1 aromatic heterocycles. The molecule has 0 aliphatic heterocycles. The zero-order chi connectivity index (χ0) is 12.9. The largest absolute Gasteiger partial charge is 0.351 e. The van der Waals surface area contributed by atoms with Gasteiger partial charge in [-0.3, -0.25) is 0 Å². The van der Waals surface area contributed by atoms with Crippen molar-refractivity contribution in [3.05, 3.63) is 11.1 Å². The van der Waals surface area contributed by atoms with Gasteiger partial charge in [-0.1, -0.05) is 27.7 Å². The Morgan fingerprint density at radius 2 is 2.12 bits per heavy atom. The first-order valence-electron chi connectivity index (χ1n) is 6.28. The maximum Gasteiger partial charge on any atom is 0.185 e. The van der Waals surface area contributed by atoms with Crippen LogP contribution in [-0.2, 0) is 6.54 Å². The van der Waals surface area contributed by atoms with Gasteiger partial charge in [0.15, 0.2) is 5.13 Å². The number of nitrogens with zero attached hydrogens (tertiary/aromatic N) is 2. The van der Waals surface area contributed by atoms with E-state index < -0.39 is 0 Å². The van der Waals surface area contributed by atoms with Gasteiger partial charge in [-0.2, -0.15) is 0 Å². The van der Waals surface area contributed by atoms with Gasteiger partial charge in [-0.25, -0.2) is 4.98 Å². The Bertz CT molecular complexity index is 328. The molecule has 0 saturated heterocycles. The van der Waals surface area contributed by atoms with Gasteiger partial charge in [0.25, 0.3) is 0 Å². The lowest BCUT2D eigenvalue weighted by molar-refractivity contribution is 0.418. The average Bonchev–Trinajstić information content (AvgIpc) is 2.64. The van der Waals surface area contributed by atoms with Gasteiger partial charge in [0.05, 0.1) is 5.69 Å². The third-order valence-electron chi connectivity index (χ3n) is 2.31. The minimum absolute atomic E-state index is 0.307. The highest BCUT2D eigenvalue weighted by Crippen LogP contribution is 2.23. The minimum atomic E-state index is 0.307. The molecule has 0 fully saturated rings. The highest BCUT2D eigenvalue weighted by Gasteiger charge is 2.15. The lowest BCUT2D eigenvalue weighted by atomic mass is 9.96. The fraction of sp³-hybridized carbons (Fsp3) is 0.769. The van der Waals surface area contributed by atoms with Crippen molar-refractivity contribution in [2.45, 2.75) is 40.7 Å². The maximum atomic E-state index is 4.65. The van der Waals surface area contributed by atoms with E-state index in [2.05, 4.69) is 55.3 Å². The van der Waals surface area contributed by atoms with Crippen molar-refractivity contribution in [3.8, 4) is 0 Å². The van der Waals surface area contributed by atoms with Crippen molar-refractivity contribution in [1.82, 2.24) is 10.3 Å². The van der Waals surface area contributed by atoms with Crippen molar-refractivity contribution in [3.63, 3.8) is 0 Å². The Hall–Kier alpha value is -0.610. The number of nitrogens with one attached hydrogen (secondary N) is 1. The first-order valence-corrected chi connectivity index (χ1v) is 7.16. The molecule has 4 heteroatoms. The summed E-state index contributed by atoms with van der Waals surface area (Å²) >= 11 is 1.73. The van der Waals surface area contributed by atoms with Gasteiger partial charge in [-0.05, 0) is 18.4 Å². The number of rotatable bonds is 6. The number of hydrogen-bond acceptors (Lipinski definition) is 4. The molecule has 98 valence electrons. The van der Waals surface area contributed by atoms with Gasteiger partial charge in [0.1, 0.15) is 0 Å². The second-order valence-electron chi connectivity index (χ2n) is 5.71. The Morgan fingerprint density at radius 1 is 1.41 bits per heavy atom. The molecule has 0 aromatic carbocycles. The number of anilines is 1. The molecule has 0 radical (unpaired) electrons. The summed E-state index contributed by atoms with van der Waals surface area (Å²) in [6.45, 7) is 11.9. The van der Waals surface area contributed by atoms with Gasteiger partial charge in [-0.15, -0.1) is 11.3 Å². The summed E-state index contributed by atoms with van der Waals surface area (Å²) in [5.74, 6) is 0. The predicted octanol–water partition coefficient (Wildman–Crippen LogP) is 3.13. The number of hydrogen-bond donors (Lipinski definition) is 1. The first-order chi connectivity index (χ1) is 7.92. The SMILES string of the molecule is CCCNCc1csc(N(C)CC(C)(C)C)n1. The quantitative estimate of drug-likeness (QED) is 0.792. The number of aromatic nitrogens is 1. The molecule has 1 aromatic rings. The van der Waals surface area contributed by atoms with Crippen molar-refractivity contribution in [1.29, 1.82) is 0 Å². The summed E-state index contributed by atoms with van der Waals surface area (Å²) in [5.41, 5.74) is 1.46. The summed E-state index contributed by atoms with van der Waals surface area (Å²) in [5, 5.41) is 6.65. The second kappa shape index (κ2) is 6.36. The van der Waals surface area contributed by atoms with Gasteiger partial charge >= 0.3 is 0 Å². The number of thiazole rings is 1. The standard InChI is InChI=1S/C13H25N3S/c1-6-7-14-8-11-9-17-12(15-11)16(5)10-13(2,3)4/h9,14H,6-8,10H2,1-5H3. The summed E-state index contributed by atoms with van der Waals surface area (Å²) in [4.78, 5) is 6.89. The van der Waals surface area contributed by atoms with Gasteiger partial charge < -0.3 is 10.2 Å². The zero-order valence-corrected chi connectivity index (χ0v) is 12.5. The molecule has 0 aliphatic rings. The highest BCUT2D eigenvalue weighted by molar-refractivity contribution is 7.13. The molecule has 3 nitrogen and oxygen atoms in total. The van der Waals surface area contributed by atoms with Crippen molar-refractivity contribution in [2.75, 3.05) is 25.0 Å². The van der Waals surface area contributed by atoms with E-state index in [0.29, 0.717) is 5.41 Å².